The molecular formula is C15H23NO2. The summed E-state index contributed by atoms with van der Waals surface area (Å²) in [5.41, 5.74) is 7.46. The van der Waals surface area contributed by atoms with Gasteiger partial charge in [0, 0.05) is 5.54 Å². The molecule has 0 aliphatic heterocycles. The van der Waals surface area contributed by atoms with Crippen molar-refractivity contribution in [1.29, 1.82) is 0 Å². The van der Waals surface area contributed by atoms with E-state index in [1.54, 1.807) is 14.2 Å². The van der Waals surface area contributed by atoms with Gasteiger partial charge in [0.2, 0.25) is 0 Å². The van der Waals surface area contributed by atoms with Crippen LogP contribution < -0.4 is 15.2 Å². The van der Waals surface area contributed by atoms with Gasteiger partial charge in [-0.3, -0.25) is 0 Å². The normalized spacial score (nSPS) is 26.6. The van der Waals surface area contributed by atoms with Crippen LogP contribution in [-0.4, -0.2) is 14.2 Å². The molecule has 2 rings (SSSR count). The van der Waals surface area contributed by atoms with Crippen molar-refractivity contribution in [3.05, 3.63) is 23.8 Å². The maximum atomic E-state index is 6.46. The lowest BCUT2D eigenvalue weighted by Gasteiger charge is -2.45. The predicted molar refractivity (Wildman–Crippen MR) is 73.0 cm³/mol. The highest BCUT2D eigenvalue weighted by molar-refractivity contribution is 5.45. The average molecular weight is 249 g/mol. The van der Waals surface area contributed by atoms with Crippen molar-refractivity contribution in [2.24, 2.45) is 11.7 Å². The van der Waals surface area contributed by atoms with Crippen LogP contribution in [0, 0.1) is 5.92 Å². The zero-order chi connectivity index (χ0) is 13.2. The van der Waals surface area contributed by atoms with E-state index in [-0.39, 0.29) is 5.54 Å². The van der Waals surface area contributed by atoms with Crippen LogP contribution in [-0.2, 0) is 5.54 Å². The maximum Gasteiger partial charge on any atom is 0.161 e. The first kappa shape index (κ1) is 13.2. The van der Waals surface area contributed by atoms with E-state index in [1.165, 1.54) is 12.8 Å². The first-order chi connectivity index (χ1) is 8.62. The van der Waals surface area contributed by atoms with E-state index >= 15 is 0 Å². The fourth-order valence-corrected chi connectivity index (χ4v) is 2.96. The molecule has 0 bridgehead atoms. The Morgan fingerprint density at radius 3 is 2.44 bits per heavy atom. The van der Waals surface area contributed by atoms with E-state index in [4.69, 9.17) is 15.2 Å². The first-order valence-corrected chi connectivity index (χ1v) is 6.64. The molecule has 0 atom stereocenters. The fraction of sp³-hybridized carbons (Fsp3) is 0.600. The monoisotopic (exact) mass is 249 g/mol. The molecule has 0 spiro atoms. The molecule has 1 aliphatic carbocycles. The Morgan fingerprint density at radius 1 is 1.22 bits per heavy atom. The van der Waals surface area contributed by atoms with Crippen LogP contribution in [0.15, 0.2) is 18.2 Å². The second kappa shape index (κ2) is 5.19. The Balaban J connectivity index is 2.15. The van der Waals surface area contributed by atoms with Crippen molar-refractivity contribution < 1.29 is 9.47 Å². The first-order valence-electron chi connectivity index (χ1n) is 6.64. The van der Waals surface area contributed by atoms with Crippen LogP contribution in [0.2, 0.25) is 0 Å². The second-order valence-corrected chi connectivity index (χ2v) is 5.29. The zero-order valence-corrected chi connectivity index (χ0v) is 11.5. The van der Waals surface area contributed by atoms with Gasteiger partial charge in [-0.2, -0.15) is 0 Å². The van der Waals surface area contributed by atoms with Gasteiger partial charge in [0.1, 0.15) is 0 Å². The Hall–Kier alpha value is -1.22. The van der Waals surface area contributed by atoms with Crippen molar-refractivity contribution in [2.75, 3.05) is 14.2 Å². The predicted octanol–water partition coefficient (Wildman–Crippen LogP) is 3.07. The molecule has 1 saturated carbocycles. The summed E-state index contributed by atoms with van der Waals surface area (Å²) in [6.45, 7) is 2.23. The lowest BCUT2D eigenvalue weighted by Crippen LogP contribution is -2.48. The molecule has 2 N–H and O–H groups in total. The van der Waals surface area contributed by atoms with Crippen molar-refractivity contribution in [3.8, 4) is 11.5 Å². The van der Waals surface area contributed by atoms with Gasteiger partial charge in [-0.15, -0.1) is 0 Å². The van der Waals surface area contributed by atoms with Crippen LogP contribution in [0.4, 0.5) is 0 Å². The number of benzene rings is 1. The van der Waals surface area contributed by atoms with Crippen molar-refractivity contribution >= 4 is 0 Å². The molecule has 1 aliphatic rings. The standard InChI is InChI=1S/C15H23NO2/c1-4-5-11-9-15(16,10-11)12-6-7-13(17-2)14(8-12)18-3/h6-8,11H,4-5,9-10,16H2,1-3H3. The Morgan fingerprint density at radius 2 is 1.89 bits per heavy atom. The van der Waals surface area contributed by atoms with Gasteiger partial charge < -0.3 is 15.2 Å². The molecular weight excluding hydrogens is 226 g/mol. The second-order valence-electron chi connectivity index (χ2n) is 5.29. The largest absolute Gasteiger partial charge is 0.493 e. The van der Waals surface area contributed by atoms with Gasteiger partial charge in [-0.25, -0.2) is 0 Å². The van der Waals surface area contributed by atoms with Gasteiger partial charge in [-0.1, -0.05) is 25.8 Å². The highest BCUT2D eigenvalue weighted by Crippen LogP contribution is 2.47. The van der Waals surface area contributed by atoms with Gasteiger partial charge in [0.05, 0.1) is 14.2 Å². The highest BCUT2D eigenvalue weighted by atomic mass is 16.5. The highest BCUT2D eigenvalue weighted by Gasteiger charge is 2.41. The zero-order valence-electron chi connectivity index (χ0n) is 11.5. The Bertz CT molecular complexity index is 411. The minimum absolute atomic E-state index is 0.167. The molecule has 1 aromatic rings. The van der Waals surface area contributed by atoms with E-state index in [0.717, 1.165) is 35.8 Å². The third-order valence-electron chi connectivity index (χ3n) is 3.96. The minimum Gasteiger partial charge on any atom is -0.493 e. The summed E-state index contributed by atoms with van der Waals surface area (Å²) in [5, 5.41) is 0. The number of hydrogen-bond donors (Lipinski definition) is 1. The van der Waals surface area contributed by atoms with Gasteiger partial charge in [0.15, 0.2) is 11.5 Å². The molecule has 0 saturated heterocycles. The van der Waals surface area contributed by atoms with Crippen LogP contribution in [0.25, 0.3) is 0 Å². The third kappa shape index (κ3) is 2.32. The molecule has 18 heavy (non-hydrogen) atoms. The van der Waals surface area contributed by atoms with Crippen LogP contribution in [0.1, 0.15) is 38.2 Å². The summed E-state index contributed by atoms with van der Waals surface area (Å²) < 4.78 is 10.6. The SMILES string of the molecule is CCCC1CC(N)(c2ccc(OC)c(OC)c2)C1. The number of ether oxygens (including phenoxy) is 2. The number of methoxy groups -OCH3 is 2. The number of rotatable bonds is 5. The summed E-state index contributed by atoms with van der Waals surface area (Å²) in [7, 11) is 3.31. The molecule has 0 heterocycles. The molecule has 0 radical (unpaired) electrons. The molecule has 3 heteroatoms. The molecule has 100 valence electrons. The van der Waals surface area contributed by atoms with Crippen LogP contribution in [0.3, 0.4) is 0 Å². The summed E-state index contributed by atoms with van der Waals surface area (Å²) in [6, 6.07) is 6.01. The van der Waals surface area contributed by atoms with Gasteiger partial charge >= 0.3 is 0 Å². The number of nitrogens with two attached hydrogens (primary N) is 1. The Labute approximate surface area is 109 Å². The van der Waals surface area contributed by atoms with Crippen molar-refractivity contribution in [2.45, 2.75) is 38.1 Å². The molecule has 0 unspecified atom stereocenters. The molecule has 0 aromatic heterocycles. The van der Waals surface area contributed by atoms with Crippen molar-refractivity contribution in [1.82, 2.24) is 0 Å². The molecule has 1 fully saturated rings. The fourth-order valence-electron chi connectivity index (χ4n) is 2.96. The topological polar surface area (TPSA) is 44.5 Å². The Kier molecular flexibility index (Phi) is 3.81. The third-order valence-corrected chi connectivity index (χ3v) is 3.96. The summed E-state index contributed by atoms with van der Waals surface area (Å²) in [4.78, 5) is 0. The lowest BCUT2D eigenvalue weighted by atomic mass is 9.64. The average Bonchev–Trinajstić information content (AvgIpc) is 2.36. The van der Waals surface area contributed by atoms with E-state index in [9.17, 15) is 0 Å². The maximum absolute atomic E-state index is 6.46. The van der Waals surface area contributed by atoms with Gasteiger partial charge in [-0.05, 0) is 36.5 Å². The van der Waals surface area contributed by atoms with E-state index in [0.29, 0.717) is 0 Å². The van der Waals surface area contributed by atoms with Gasteiger partial charge in [0.25, 0.3) is 0 Å². The lowest BCUT2D eigenvalue weighted by molar-refractivity contribution is 0.137. The summed E-state index contributed by atoms with van der Waals surface area (Å²) >= 11 is 0. The molecule has 0 amide bonds. The van der Waals surface area contributed by atoms with E-state index < -0.39 is 0 Å². The van der Waals surface area contributed by atoms with E-state index in [1.807, 2.05) is 12.1 Å². The quantitative estimate of drug-likeness (QED) is 0.872. The smallest absolute Gasteiger partial charge is 0.161 e. The molecule has 3 nitrogen and oxygen atoms in total. The molecule has 1 aromatic carbocycles. The summed E-state index contributed by atoms with van der Waals surface area (Å²) in [5.74, 6) is 2.31. The minimum atomic E-state index is -0.167. The van der Waals surface area contributed by atoms with Crippen LogP contribution in [0.5, 0.6) is 11.5 Å². The number of hydrogen-bond acceptors (Lipinski definition) is 3. The van der Waals surface area contributed by atoms with E-state index in [2.05, 4.69) is 13.0 Å². The summed E-state index contributed by atoms with van der Waals surface area (Å²) in [6.07, 6.45) is 4.69. The van der Waals surface area contributed by atoms with Crippen LogP contribution >= 0.6 is 0 Å². The van der Waals surface area contributed by atoms with Crippen molar-refractivity contribution in [3.63, 3.8) is 0 Å².